The summed E-state index contributed by atoms with van der Waals surface area (Å²) in [6.45, 7) is 1.96. The first kappa shape index (κ1) is 10.6. The van der Waals surface area contributed by atoms with E-state index in [2.05, 4.69) is 25.3 Å². The Hall–Kier alpha value is -2.56. The Kier molecular flexibility index (Phi) is 2.57. The van der Waals surface area contributed by atoms with E-state index in [9.17, 15) is 0 Å². The van der Waals surface area contributed by atoms with Gasteiger partial charge in [0.05, 0.1) is 41.0 Å². The lowest BCUT2D eigenvalue weighted by Crippen LogP contribution is -1.94. The number of nitrogens with zero attached hydrogens (tertiary/aromatic N) is 4. The van der Waals surface area contributed by atoms with Crippen molar-refractivity contribution in [2.45, 2.75) is 6.92 Å². The fourth-order valence-electron chi connectivity index (χ4n) is 1.71. The van der Waals surface area contributed by atoms with Crippen LogP contribution in [0, 0.1) is 6.92 Å². The minimum Gasteiger partial charge on any atom is -0.352 e. The summed E-state index contributed by atoms with van der Waals surface area (Å²) in [5, 5.41) is 3.19. The predicted molar refractivity (Wildman–Crippen MR) is 69.6 cm³/mol. The molecule has 0 saturated heterocycles. The molecule has 0 aliphatic rings. The Labute approximate surface area is 104 Å². The average Bonchev–Trinajstić information content (AvgIpc) is 2.39. The van der Waals surface area contributed by atoms with Gasteiger partial charge in [-0.1, -0.05) is 0 Å². The molecule has 0 unspecified atom stereocenters. The van der Waals surface area contributed by atoms with E-state index in [0.717, 1.165) is 28.1 Å². The Bertz CT molecular complexity index is 681. The summed E-state index contributed by atoms with van der Waals surface area (Å²) in [5.41, 5.74) is 4.43. The quantitative estimate of drug-likeness (QED) is 0.741. The summed E-state index contributed by atoms with van der Waals surface area (Å²) in [7, 11) is 0. The first-order chi connectivity index (χ1) is 8.81. The van der Waals surface area contributed by atoms with E-state index < -0.39 is 0 Å². The van der Waals surface area contributed by atoms with Crippen LogP contribution in [0.2, 0.25) is 0 Å². The highest BCUT2D eigenvalue weighted by Crippen LogP contribution is 2.18. The van der Waals surface area contributed by atoms with Gasteiger partial charge in [0.1, 0.15) is 6.33 Å². The van der Waals surface area contributed by atoms with Crippen LogP contribution in [-0.4, -0.2) is 19.9 Å². The van der Waals surface area contributed by atoms with E-state index in [1.165, 1.54) is 6.33 Å². The maximum Gasteiger partial charge on any atom is 0.115 e. The number of hydrogen-bond donors (Lipinski definition) is 1. The van der Waals surface area contributed by atoms with Gasteiger partial charge in [-0.05, 0) is 25.1 Å². The molecule has 3 rings (SSSR count). The van der Waals surface area contributed by atoms with Gasteiger partial charge in [-0.2, -0.15) is 0 Å². The third-order valence-corrected chi connectivity index (χ3v) is 2.53. The number of nitrogens with one attached hydrogen (secondary N) is 1. The molecule has 3 aromatic rings. The van der Waals surface area contributed by atoms with Crippen molar-refractivity contribution in [3.63, 3.8) is 0 Å². The number of hydrogen-bond acceptors (Lipinski definition) is 5. The number of aromatic nitrogens is 4. The van der Waals surface area contributed by atoms with E-state index in [-0.39, 0.29) is 0 Å². The molecule has 5 nitrogen and oxygen atoms in total. The first-order valence-corrected chi connectivity index (χ1v) is 5.57. The van der Waals surface area contributed by atoms with Crippen LogP contribution in [0.4, 0.5) is 11.4 Å². The minimum absolute atomic E-state index is 0.825. The molecule has 0 amide bonds. The van der Waals surface area contributed by atoms with E-state index in [1.54, 1.807) is 18.6 Å². The van der Waals surface area contributed by atoms with Gasteiger partial charge in [0.15, 0.2) is 0 Å². The highest BCUT2D eigenvalue weighted by atomic mass is 14.9. The molecule has 0 radical (unpaired) electrons. The molecule has 3 aromatic heterocycles. The Balaban J connectivity index is 1.98. The van der Waals surface area contributed by atoms with Crippen molar-refractivity contribution in [3.8, 4) is 0 Å². The second-order valence-corrected chi connectivity index (χ2v) is 3.97. The van der Waals surface area contributed by atoms with Crippen molar-refractivity contribution >= 4 is 22.4 Å². The third kappa shape index (κ3) is 2.10. The molecule has 88 valence electrons. The van der Waals surface area contributed by atoms with Crippen LogP contribution >= 0.6 is 0 Å². The third-order valence-electron chi connectivity index (χ3n) is 2.53. The second-order valence-electron chi connectivity index (χ2n) is 3.97. The Morgan fingerprint density at radius 1 is 0.944 bits per heavy atom. The Morgan fingerprint density at radius 2 is 1.78 bits per heavy atom. The maximum absolute atomic E-state index is 4.44. The van der Waals surface area contributed by atoms with Crippen molar-refractivity contribution < 1.29 is 0 Å². The molecule has 0 atom stereocenters. The number of pyridine rings is 2. The van der Waals surface area contributed by atoms with Gasteiger partial charge in [0, 0.05) is 5.69 Å². The number of aryl methyl sites for hydroxylation is 1. The topological polar surface area (TPSA) is 63.6 Å². The van der Waals surface area contributed by atoms with Crippen molar-refractivity contribution in [3.05, 3.63) is 48.8 Å². The van der Waals surface area contributed by atoms with Crippen LogP contribution in [0.1, 0.15) is 5.69 Å². The molecule has 18 heavy (non-hydrogen) atoms. The predicted octanol–water partition coefficient (Wildman–Crippen LogP) is 2.47. The summed E-state index contributed by atoms with van der Waals surface area (Å²) in [5.74, 6) is 0. The van der Waals surface area contributed by atoms with Crippen LogP contribution in [0.5, 0.6) is 0 Å². The maximum atomic E-state index is 4.44. The average molecular weight is 237 g/mol. The van der Waals surface area contributed by atoms with Gasteiger partial charge in [0.25, 0.3) is 0 Å². The monoisotopic (exact) mass is 237 g/mol. The smallest absolute Gasteiger partial charge is 0.115 e. The van der Waals surface area contributed by atoms with Crippen molar-refractivity contribution in [1.29, 1.82) is 0 Å². The molecule has 0 bridgehead atoms. The lowest BCUT2D eigenvalue weighted by Gasteiger charge is -2.06. The highest BCUT2D eigenvalue weighted by molar-refractivity contribution is 5.78. The number of rotatable bonds is 2. The van der Waals surface area contributed by atoms with E-state index in [1.807, 2.05) is 25.1 Å². The fourth-order valence-corrected chi connectivity index (χ4v) is 1.71. The standard InChI is InChI=1S/C13H11N5/c1-9-2-3-12-13(17-9)4-10(7-16-12)18-11-5-14-8-15-6-11/h2-8,18H,1H3. The van der Waals surface area contributed by atoms with Gasteiger partial charge in [0.2, 0.25) is 0 Å². The van der Waals surface area contributed by atoms with Crippen LogP contribution in [0.15, 0.2) is 43.1 Å². The van der Waals surface area contributed by atoms with Crippen molar-refractivity contribution in [1.82, 2.24) is 19.9 Å². The van der Waals surface area contributed by atoms with Gasteiger partial charge < -0.3 is 5.32 Å². The number of anilines is 2. The zero-order chi connectivity index (χ0) is 12.4. The molecule has 3 heterocycles. The molecule has 0 fully saturated rings. The zero-order valence-corrected chi connectivity index (χ0v) is 9.83. The molecular weight excluding hydrogens is 226 g/mol. The van der Waals surface area contributed by atoms with E-state index >= 15 is 0 Å². The molecule has 1 N–H and O–H groups in total. The molecule has 0 aliphatic carbocycles. The van der Waals surface area contributed by atoms with Crippen LogP contribution < -0.4 is 5.32 Å². The molecular formula is C13H11N5. The lowest BCUT2D eigenvalue weighted by molar-refractivity contribution is 1.17. The fraction of sp³-hybridized carbons (Fsp3) is 0.0769. The van der Waals surface area contributed by atoms with Crippen LogP contribution in [-0.2, 0) is 0 Å². The second kappa shape index (κ2) is 4.37. The molecule has 0 spiro atoms. The molecule has 0 saturated carbocycles. The first-order valence-electron chi connectivity index (χ1n) is 5.57. The summed E-state index contributed by atoms with van der Waals surface area (Å²) in [4.78, 5) is 16.7. The van der Waals surface area contributed by atoms with Crippen molar-refractivity contribution in [2.75, 3.05) is 5.32 Å². The summed E-state index contributed by atoms with van der Waals surface area (Å²) < 4.78 is 0. The SMILES string of the molecule is Cc1ccc2ncc(Nc3cncnc3)cc2n1. The van der Waals surface area contributed by atoms with Crippen molar-refractivity contribution in [2.24, 2.45) is 0 Å². The van der Waals surface area contributed by atoms with Gasteiger partial charge in [-0.25, -0.2) is 9.97 Å². The van der Waals surface area contributed by atoms with Gasteiger partial charge in [-0.15, -0.1) is 0 Å². The van der Waals surface area contributed by atoms with E-state index in [0.29, 0.717) is 0 Å². The van der Waals surface area contributed by atoms with Gasteiger partial charge >= 0.3 is 0 Å². The van der Waals surface area contributed by atoms with E-state index in [4.69, 9.17) is 0 Å². The van der Waals surface area contributed by atoms with Gasteiger partial charge in [-0.3, -0.25) is 9.97 Å². The summed E-state index contributed by atoms with van der Waals surface area (Å²) in [6, 6.07) is 5.88. The molecule has 0 aliphatic heterocycles. The normalized spacial score (nSPS) is 10.5. The summed E-state index contributed by atoms with van der Waals surface area (Å²) >= 11 is 0. The zero-order valence-electron chi connectivity index (χ0n) is 9.83. The van der Waals surface area contributed by atoms with Crippen LogP contribution in [0.3, 0.4) is 0 Å². The largest absolute Gasteiger partial charge is 0.352 e. The lowest BCUT2D eigenvalue weighted by atomic mass is 10.2. The minimum atomic E-state index is 0.825. The number of fused-ring (bicyclic) bond motifs is 1. The highest BCUT2D eigenvalue weighted by Gasteiger charge is 2.00. The summed E-state index contributed by atoms with van der Waals surface area (Å²) in [6.07, 6.45) is 6.68. The molecule has 5 heteroatoms. The Morgan fingerprint density at radius 3 is 2.61 bits per heavy atom. The molecule has 0 aromatic carbocycles. The van der Waals surface area contributed by atoms with Crippen LogP contribution in [0.25, 0.3) is 11.0 Å².